The van der Waals surface area contributed by atoms with Crippen molar-refractivity contribution in [3.05, 3.63) is 35.1 Å². The molecule has 0 radical (unpaired) electrons. The van der Waals surface area contributed by atoms with Gasteiger partial charge in [0.2, 0.25) is 0 Å². The molecule has 0 aromatic heterocycles. The predicted molar refractivity (Wildman–Crippen MR) is 66.5 cm³/mol. The van der Waals surface area contributed by atoms with Gasteiger partial charge in [-0.15, -0.1) is 0 Å². The van der Waals surface area contributed by atoms with Gasteiger partial charge in [0.15, 0.2) is 0 Å². The van der Waals surface area contributed by atoms with Crippen LogP contribution in [0.1, 0.15) is 36.4 Å². The van der Waals surface area contributed by atoms with Crippen LogP contribution in [0.5, 0.6) is 0 Å². The third kappa shape index (κ3) is 2.85. The molecule has 2 atom stereocenters. The smallest absolute Gasteiger partial charge is 0.123 e. The average molecular weight is 237 g/mol. The van der Waals surface area contributed by atoms with Crippen LogP contribution in [0.25, 0.3) is 0 Å². The molecule has 1 saturated heterocycles. The van der Waals surface area contributed by atoms with Crippen LogP contribution in [0.15, 0.2) is 18.2 Å². The zero-order valence-electron chi connectivity index (χ0n) is 10.5. The molecule has 1 N–H and O–H groups in total. The average Bonchev–Trinajstić information content (AvgIpc) is 2.34. The molecule has 0 spiro atoms. The summed E-state index contributed by atoms with van der Waals surface area (Å²) in [6.45, 7) is 2.79. The van der Waals surface area contributed by atoms with Gasteiger partial charge in [0.1, 0.15) is 5.82 Å². The summed E-state index contributed by atoms with van der Waals surface area (Å²) in [5, 5.41) is 3.30. The molecule has 0 saturated carbocycles. The lowest BCUT2D eigenvalue weighted by Gasteiger charge is -2.31. The maximum atomic E-state index is 13.1. The van der Waals surface area contributed by atoms with E-state index in [4.69, 9.17) is 4.74 Å². The Balaban J connectivity index is 2.21. The Morgan fingerprint density at radius 3 is 2.82 bits per heavy atom. The van der Waals surface area contributed by atoms with Crippen LogP contribution in [-0.2, 0) is 4.74 Å². The minimum absolute atomic E-state index is 0.163. The molecule has 2 nitrogen and oxygen atoms in total. The Kier molecular flexibility index (Phi) is 4.13. The molecule has 1 aliphatic heterocycles. The molecule has 1 heterocycles. The molecule has 1 fully saturated rings. The van der Waals surface area contributed by atoms with Crippen LogP contribution < -0.4 is 5.32 Å². The number of halogens is 1. The number of rotatable bonds is 3. The van der Waals surface area contributed by atoms with E-state index in [1.54, 1.807) is 6.07 Å². The van der Waals surface area contributed by atoms with Gasteiger partial charge < -0.3 is 10.1 Å². The van der Waals surface area contributed by atoms with Gasteiger partial charge in [0.05, 0.1) is 12.1 Å². The summed E-state index contributed by atoms with van der Waals surface area (Å²) in [7, 11) is 1.94. The van der Waals surface area contributed by atoms with Gasteiger partial charge in [-0.3, -0.25) is 0 Å². The zero-order chi connectivity index (χ0) is 12.3. The van der Waals surface area contributed by atoms with Crippen molar-refractivity contribution in [2.75, 3.05) is 13.7 Å². The van der Waals surface area contributed by atoms with E-state index in [0.29, 0.717) is 0 Å². The first-order chi connectivity index (χ1) is 8.22. The molecule has 1 aromatic rings. The number of benzene rings is 1. The van der Waals surface area contributed by atoms with E-state index in [0.717, 1.165) is 30.6 Å². The first-order valence-electron chi connectivity index (χ1n) is 6.27. The summed E-state index contributed by atoms with van der Waals surface area (Å²) in [6, 6.07) is 5.14. The van der Waals surface area contributed by atoms with Crippen molar-refractivity contribution >= 4 is 0 Å². The maximum absolute atomic E-state index is 13.1. The highest BCUT2D eigenvalue weighted by Crippen LogP contribution is 2.28. The number of aryl methyl sites for hydroxylation is 1. The Morgan fingerprint density at radius 1 is 1.41 bits per heavy atom. The lowest BCUT2D eigenvalue weighted by Crippen LogP contribution is -2.34. The van der Waals surface area contributed by atoms with Crippen LogP contribution in [0.3, 0.4) is 0 Å². The number of nitrogens with one attached hydrogen (secondary N) is 1. The van der Waals surface area contributed by atoms with E-state index in [1.165, 1.54) is 12.5 Å². The Bertz CT molecular complexity index is 374. The summed E-state index contributed by atoms with van der Waals surface area (Å²) < 4.78 is 18.9. The fraction of sp³-hybridized carbons (Fsp3) is 0.571. The highest BCUT2D eigenvalue weighted by molar-refractivity contribution is 5.30. The minimum Gasteiger partial charge on any atom is -0.376 e. The van der Waals surface area contributed by atoms with E-state index in [2.05, 4.69) is 5.32 Å². The molecule has 94 valence electrons. The Morgan fingerprint density at radius 2 is 2.24 bits per heavy atom. The normalized spacial score (nSPS) is 22.4. The molecular formula is C14H20FNO. The first-order valence-corrected chi connectivity index (χ1v) is 6.27. The summed E-state index contributed by atoms with van der Waals surface area (Å²) in [4.78, 5) is 0. The van der Waals surface area contributed by atoms with Crippen molar-refractivity contribution in [3.8, 4) is 0 Å². The number of hydrogen-bond acceptors (Lipinski definition) is 2. The monoisotopic (exact) mass is 237 g/mol. The predicted octanol–water partition coefficient (Wildman–Crippen LogP) is 2.96. The Hall–Kier alpha value is -0.930. The van der Waals surface area contributed by atoms with Gasteiger partial charge in [-0.1, -0.05) is 6.07 Å². The van der Waals surface area contributed by atoms with Crippen molar-refractivity contribution in [3.63, 3.8) is 0 Å². The third-order valence-corrected chi connectivity index (χ3v) is 3.46. The SMILES string of the molecule is CNC(c1ccc(F)cc1C)C1CCCCO1. The molecule has 1 aliphatic rings. The second-order valence-corrected chi connectivity index (χ2v) is 4.67. The minimum atomic E-state index is -0.175. The second kappa shape index (κ2) is 5.61. The van der Waals surface area contributed by atoms with E-state index in [1.807, 2.05) is 20.0 Å². The molecular weight excluding hydrogens is 217 g/mol. The van der Waals surface area contributed by atoms with E-state index < -0.39 is 0 Å². The van der Waals surface area contributed by atoms with Crippen molar-refractivity contribution in [1.29, 1.82) is 0 Å². The standard InChI is InChI=1S/C14H20FNO/c1-10-9-11(15)6-7-12(10)14(16-2)13-5-3-4-8-17-13/h6-7,9,13-14,16H,3-5,8H2,1-2H3. The highest BCUT2D eigenvalue weighted by Gasteiger charge is 2.25. The molecule has 2 unspecified atom stereocenters. The van der Waals surface area contributed by atoms with Crippen molar-refractivity contribution < 1.29 is 9.13 Å². The van der Waals surface area contributed by atoms with E-state index in [-0.39, 0.29) is 18.0 Å². The van der Waals surface area contributed by atoms with Gasteiger partial charge in [0, 0.05) is 6.61 Å². The number of ether oxygens (including phenoxy) is 1. The Labute approximate surface area is 102 Å². The third-order valence-electron chi connectivity index (χ3n) is 3.46. The lowest BCUT2D eigenvalue weighted by molar-refractivity contribution is -0.00676. The van der Waals surface area contributed by atoms with Crippen LogP contribution in [0, 0.1) is 12.7 Å². The molecule has 2 rings (SSSR count). The largest absolute Gasteiger partial charge is 0.376 e. The van der Waals surface area contributed by atoms with Crippen LogP contribution in [-0.4, -0.2) is 19.8 Å². The maximum Gasteiger partial charge on any atom is 0.123 e. The van der Waals surface area contributed by atoms with E-state index >= 15 is 0 Å². The van der Waals surface area contributed by atoms with Crippen molar-refractivity contribution in [1.82, 2.24) is 5.32 Å². The lowest BCUT2D eigenvalue weighted by atomic mass is 9.93. The molecule has 3 heteroatoms. The van der Waals surface area contributed by atoms with Crippen LogP contribution in [0.2, 0.25) is 0 Å². The number of hydrogen-bond donors (Lipinski definition) is 1. The topological polar surface area (TPSA) is 21.3 Å². The molecule has 0 bridgehead atoms. The first kappa shape index (κ1) is 12.5. The van der Waals surface area contributed by atoms with Gasteiger partial charge in [-0.25, -0.2) is 4.39 Å². The van der Waals surface area contributed by atoms with Crippen LogP contribution in [0.4, 0.5) is 4.39 Å². The van der Waals surface area contributed by atoms with Crippen molar-refractivity contribution in [2.45, 2.75) is 38.3 Å². The van der Waals surface area contributed by atoms with Gasteiger partial charge >= 0.3 is 0 Å². The zero-order valence-corrected chi connectivity index (χ0v) is 10.5. The van der Waals surface area contributed by atoms with Gasteiger partial charge in [-0.2, -0.15) is 0 Å². The van der Waals surface area contributed by atoms with Gasteiger partial charge in [-0.05, 0) is 56.5 Å². The summed E-state index contributed by atoms with van der Waals surface area (Å²) in [6.07, 6.45) is 3.64. The molecule has 1 aromatic carbocycles. The van der Waals surface area contributed by atoms with Crippen LogP contribution >= 0.6 is 0 Å². The second-order valence-electron chi connectivity index (χ2n) is 4.67. The summed E-state index contributed by atoms with van der Waals surface area (Å²) in [5.74, 6) is -0.175. The molecule has 0 amide bonds. The molecule has 17 heavy (non-hydrogen) atoms. The summed E-state index contributed by atoms with van der Waals surface area (Å²) in [5.41, 5.74) is 2.12. The fourth-order valence-corrected chi connectivity index (χ4v) is 2.56. The molecule has 0 aliphatic carbocycles. The van der Waals surface area contributed by atoms with E-state index in [9.17, 15) is 4.39 Å². The fourth-order valence-electron chi connectivity index (χ4n) is 2.56. The highest BCUT2D eigenvalue weighted by atomic mass is 19.1. The van der Waals surface area contributed by atoms with Gasteiger partial charge in [0.25, 0.3) is 0 Å². The van der Waals surface area contributed by atoms with Crippen molar-refractivity contribution in [2.24, 2.45) is 0 Å². The quantitative estimate of drug-likeness (QED) is 0.872. The summed E-state index contributed by atoms with van der Waals surface area (Å²) >= 11 is 0. The number of likely N-dealkylation sites (N-methyl/N-ethyl adjacent to an activating group) is 1.